The van der Waals surface area contributed by atoms with Crippen molar-refractivity contribution in [1.29, 1.82) is 0 Å². The molecule has 1 heterocycles. The Balaban J connectivity index is 1.71. The van der Waals surface area contributed by atoms with E-state index in [-0.39, 0.29) is 23.5 Å². The van der Waals surface area contributed by atoms with Crippen LogP contribution in [0.1, 0.15) is 24.1 Å². The van der Waals surface area contributed by atoms with Crippen LogP contribution in [-0.4, -0.2) is 43.0 Å². The summed E-state index contributed by atoms with van der Waals surface area (Å²) in [6.45, 7) is 3.84. The summed E-state index contributed by atoms with van der Waals surface area (Å²) in [7, 11) is 0. The monoisotopic (exact) mass is 384 g/mol. The van der Waals surface area contributed by atoms with Gasteiger partial charge in [0.15, 0.2) is 0 Å². The maximum absolute atomic E-state index is 13.1. The van der Waals surface area contributed by atoms with Gasteiger partial charge in [-0.25, -0.2) is 4.39 Å². The van der Waals surface area contributed by atoms with E-state index in [2.05, 4.69) is 5.32 Å². The van der Waals surface area contributed by atoms with Gasteiger partial charge < -0.3 is 15.0 Å². The smallest absolute Gasteiger partial charge is 0.249 e. The minimum Gasteiger partial charge on any atom is -0.378 e. The predicted octanol–water partition coefficient (Wildman–Crippen LogP) is 2.72. The number of ether oxygens (including phenoxy) is 1. The number of nitrogens with zero attached hydrogens (tertiary/aromatic N) is 1. The van der Waals surface area contributed by atoms with Crippen molar-refractivity contribution >= 4 is 11.8 Å². The van der Waals surface area contributed by atoms with Crippen LogP contribution in [0.5, 0.6) is 0 Å². The van der Waals surface area contributed by atoms with E-state index in [9.17, 15) is 14.0 Å². The third-order valence-corrected chi connectivity index (χ3v) is 4.89. The first kappa shape index (κ1) is 20.0. The molecule has 1 aliphatic rings. The molecule has 2 amide bonds. The molecule has 0 spiro atoms. The second kappa shape index (κ2) is 9.46. The van der Waals surface area contributed by atoms with Crippen LogP contribution in [0.3, 0.4) is 0 Å². The molecule has 28 heavy (non-hydrogen) atoms. The molecule has 0 aliphatic carbocycles. The van der Waals surface area contributed by atoms with Crippen molar-refractivity contribution in [3.05, 3.63) is 71.5 Å². The molecule has 0 saturated carbocycles. The third-order valence-electron chi connectivity index (χ3n) is 4.89. The topological polar surface area (TPSA) is 58.6 Å². The summed E-state index contributed by atoms with van der Waals surface area (Å²) in [5, 5.41) is 2.92. The number of hydrogen-bond acceptors (Lipinski definition) is 3. The number of amides is 2. The summed E-state index contributed by atoms with van der Waals surface area (Å²) in [5.74, 6) is -0.994. The average Bonchev–Trinajstić information content (AvgIpc) is 2.74. The molecule has 5 nitrogen and oxygen atoms in total. The molecule has 2 aromatic carbocycles. The number of benzene rings is 2. The van der Waals surface area contributed by atoms with Crippen LogP contribution < -0.4 is 5.32 Å². The summed E-state index contributed by atoms with van der Waals surface area (Å²) in [5.41, 5.74) is 1.63. The first-order chi connectivity index (χ1) is 13.5. The van der Waals surface area contributed by atoms with Crippen molar-refractivity contribution in [2.75, 3.05) is 26.3 Å². The fourth-order valence-electron chi connectivity index (χ4n) is 3.25. The van der Waals surface area contributed by atoms with Crippen LogP contribution in [0.2, 0.25) is 0 Å². The molecular formula is C22H25FN2O3. The van der Waals surface area contributed by atoms with Crippen molar-refractivity contribution in [1.82, 2.24) is 10.2 Å². The van der Waals surface area contributed by atoms with Gasteiger partial charge in [-0.1, -0.05) is 49.4 Å². The average molecular weight is 384 g/mol. The minimum absolute atomic E-state index is 0.128. The maximum atomic E-state index is 13.1. The van der Waals surface area contributed by atoms with Crippen molar-refractivity contribution in [3.63, 3.8) is 0 Å². The van der Waals surface area contributed by atoms with E-state index in [4.69, 9.17) is 4.74 Å². The molecule has 2 atom stereocenters. The highest BCUT2D eigenvalue weighted by atomic mass is 19.1. The Morgan fingerprint density at radius 3 is 2.36 bits per heavy atom. The molecule has 1 aliphatic heterocycles. The van der Waals surface area contributed by atoms with Crippen LogP contribution in [0.25, 0.3) is 0 Å². The van der Waals surface area contributed by atoms with Crippen LogP contribution in [-0.2, 0) is 20.7 Å². The van der Waals surface area contributed by atoms with E-state index in [1.54, 1.807) is 24.0 Å². The van der Waals surface area contributed by atoms with E-state index in [1.165, 1.54) is 12.1 Å². The predicted molar refractivity (Wildman–Crippen MR) is 104 cm³/mol. The van der Waals surface area contributed by atoms with Gasteiger partial charge in [0.05, 0.1) is 13.2 Å². The lowest BCUT2D eigenvalue weighted by atomic mass is 9.98. The van der Waals surface area contributed by atoms with Crippen LogP contribution in [0.15, 0.2) is 54.6 Å². The lowest BCUT2D eigenvalue weighted by Gasteiger charge is -2.31. The van der Waals surface area contributed by atoms with Gasteiger partial charge >= 0.3 is 0 Å². The zero-order chi connectivity index (χ0) is 19.9. The highest BCUT2D eigenvalue weighted by Crippen LogP contribution is 2.19. The number of carbonyl (C=O) groups excluding carboxylic acids is 2. The zero-order valence-electron chi connectivity index (χ0n) is 15.9. The van der Waals surface area contributed by atoms with Gasteiger partial charge in [0.1, 0.15) is 11.9 Å². The maximum Gasteiger partial charge on any atom is 0.249 e. The first-order valence-corrected chi connectivity index (χ1v) is 9.51. The van der Waals surface area contributed by atoms with Gasteiger partial charge in [-0.15, -0.1) is 0 Å². The van der Waals surface area contributed by atoms with Gasteiger partial charge in [-0.05, 0) is 29.7 Å². The highest BCUT2D eigenvalue weighted by Gasteiger charge is 2.29. The molecular weight excluding hydrogens is 359 g/mol. The van der Waals surface area contributed by atoms with Crippen molar-refractivity contribution < 1.29 is 18.7 Å². The summed E-state index contributed by atoms with van der Waals surface area (Å²) in [4.78, 5) is 27.6. The first-order valence-electron chi connectivity index (χ1n) is 9.51. The summed E-state index contributed by atoms with van der Waals surface area (Å²) >= 11 is 0. The normalized spacial score (nSPS) is 16.3. The van der Waals surface area contributed by atoms with Gasteiger partial charge in [-0.2, -0.15) is 0 Å². The molecule has 1 saturated heterocycles. The number of nitrogens with one attached hydrogen (secondary N) is 1. The number of morpholine rings is 1. The lowest BCUT2D eigenvalue weighted by molar-refractivity contribution is -0.140. The van der Waals surface area contributed by atoms with Crippen LogP contribution >= 0.6 is 0 Å². The van der Waals surface area contributed by atoms with Crippen molar-refractivity contribution in [2.24, 2.45) is 5.92 Å². The molecule has 0 radical (unpaired) electrons. The Labute approximate surface area is 164 Å². The van der Waals surface area contributed by atoms with Crippen molar-refractivity contribution in [3.8, 4) is 0 Å². The molecule has 1 N–H and O–H groups in total. The third kappa shape index (κ3) is 5.16. The van der Waals surface area contributed by atoms with E-state index >= 15 is 0 Å². The van der Waals surface area contributed by atoms with Crippen molar-refractivity contribution in [2.45, 2.75) is 19.4 Å². The highest BCUT2D eigenvalue weighted by molar-refractivity contribution is 5.89. The van der Waals surface area contributed by atoms with E-state index in [1.807, 2.05) is 30.3 Å². The molecule has 1 fully saturated rings. The van der Waals surface area contributed by atoms with Crippen LogP contribution in [0.4, 0.5) is 4.39 Å². The molecule has 0 aromatic heterocycles. The Bertz CT molecular complexity index is 789. The largest absolute Gasteiger partial charge is 0.378 e. The van der Waals surface area contributed by atoms with Gasteiger partial charge in [0.2, 0.25) is 11.8 Å². The Morgan fingerprint density at radius 2 is 1.71 bits per heavy atom. The molecule has 6 heteroatoms. The standard InChI is InChI=1S/C22H25FN2O3/c1-16(15-17-7-9-19(23)10-8-17)21(26)24-20(18-5-3-2-4-6-18)22(27)25-11-13-28-14-12-25/h2-10,16,20H,11-15H2,1H3,(H,24,26)/t16?,20-/m1/s1. The van der Waals surface area contributed by atoms with E-state index in [0.717, 1.165) is 11.1 Å². The van der Waals surface area contributed by atoms with E-state index in [0.29, 0.717) is 32.7 Å². The lowest BCUT2D eigenvalue weighted by Crippen LogP contribution is -2.48. The molecule has 2 aromatic rings. The molecule has 148 valence electrons. The fourth-order valence-corrected chi connectivity index (χ4v) is 3.25. The second-order valence-corrected chi connectivity index (χ2v) is 7.02. The summed E-state index contributed by atoms with van der Waals surface area (Å²) in [6, 6.07) is 14.6. The Morgan fingerprint density at radius 1 is 1.07 bits per heavy atom. The Hall–Kier alpha value is -2.73. The zero-order valence-corrected chi connectivity index (χ0v) is 15.9. The van der Waals surface area contributed by atoms with Gasteiger partial charge in [-0.3, -0.25) is 9.59 Å². The van der Waals surface area contributed by atoms with Gasteiger partial charge in [0.25, 0.3) is 0 Å². The van der Waals surface area contributed by atoms with Crippen LogP contribution in [0, 0.1) is 11.7 Å². The summed E-state index contributed by atoms with van der Waals surface area (Å²) in [6.07, 6.45) is 0.472. The fraction of sp³-hybridized carbons (Fsp3) is 0.364. The van der Waals surface area contributed by atoms with E-state index < -0.39 is 6.04 Å². The molecule has 1 unspecified atom stereocenters. The Kier molecular flexibility index (Phi) is 6.76. The SMILES string of the molecule is CC(Cc1ccc(F)cc1)C(=O)N[C@@H](C(=O)N1CCOCC1)c1ccccc1. The summed E-state index contributed by atoms with van der Waals surface area (Å²) < 4.78 is 18.4. The van der Waals surface area contributed by atoms with Gasteiger partial charge in [0, 0.05) is 19.0 Å². The molecule has 0 bridgehead atoms. The number of halogens is 1. The quantitative estimate of drug-likeness (QED) is 0.833. The number of hydrogen-bond donors (Lipinski definition) is 1. The molecule has 3 rings (SSSR count). The number of rotatable bonds is 6. The minimum atomic E-state index is -0.734. The second-order valence-electron chi connectivity index (χ2n) is 7.02. The number of carbonyl (C=O) groups is 2.